The van der Waals surface area contributed by atoms with Gasteiger partial charge in [-0.15, -0.1) is 5.10 Å². The molecule has 0 aliphatic carbocycles. The van der Waals surface area contributed by atoms with E-state index < -0.39 is 5.97 Å². The molecule has 0 bridgehead atoms. The van der Waals surface area contributed by atoms with E-state index in [0.717, 1.165) is 31.5 Å². The number of ether oxygens (including phenoxy) is 1. The highest BCUT2D eigenvalue weighted by molar-refractivity contribution is 5.88. The maximum Gasteiger partial charge on any atom is 0.360 e. The first-order valence-electron chi connectivity index (χ1n) is 6.10. The average molecular weight is 239 g/mol. The standard InChI is InChI=1S/C12H21N3O2/c1-5-6-10-11(12(16)17-4)13-14-15(10)8-7-9(2)3/h9H,5-8H2,1-4H3. The molecule has 0 unspecified atom stereocenters. The number of aromatic nitrogens is 3. The first-order chi connectivity index (χ1) is 8.10. The number of hydrogen-bond acceptors (Lipinski definition) is 4. The lowest BCUT2D eigenvalue weighted by Crippen LogP contribution is -2.11. The summed E-state index contributed by atoms with van der Waals surface area (Å²) in [5.41, 5.74) is 1.25. The van der Waals surface area contributed by atoms with Crippen LogP contribution in [0.4, 0.5) is 0 Å². The minimum Gasteiger partial charge on any atom is -0.464 e. The van der Waals surface area contributed by atoms with E-state index in [1.54, 1.807) is 0 Å². The van der Waals surface area contributed by atoms with Gasteiger partial charge in [-0.1, -0.05) is 32.4 Å². The van der Waals surface area contributed by atoms with Crippen molar-refractivity contribution in [3.63, 3.8) is 0 Å². The smallest absolute Gasteiger partial charge is 0.360 e. The van der Waals surface area contributed by atoms with Crippen LogP contribution in [0.2, 0.25) is 0 Å². The average Bonchev–Trinajstić information content (AvgIpc) is 2.69. The van der Waals surface area contributed by atoms with E-state index in [9.17, 15) is 4.79 Å². The normalized spacial score (nSPS) is 10.9. The van der Waals surface area contributed by atoms with Crippen molar-refractivity contribution in [2.24, 2.45) is 5.92 Å². The number of esters is 1. The molecule has 0 aromatic carbocycles. The zero-order valence-electron chi connectivity index (χ0n) is 11.1. The Morgan fingerprint density at radius 3 is 2.71 bits per heavy atom. The third-order valence-electron chi connectivity index (χ3n) is 2.62. The highest BCUT2D eigenvalue weighted by Gasteiger charge is 2.19. The molecule has 96 valence electrons. The number of rotatable bonds is 6. The van der Waals surface area contributed by atoms with E-state index in [1.807, 2.05) is 4.68 Å². The number of nitrogens with zero attached hydrogens (tertiary/aromatic N) is 3. The van der Waals surface area contributed by atoms with Crippen LogP contribution in [0.3, 0.4) is 0 Å². The minimum absolute atomic E-state index is 0.359. The van der Waals surface area contributed by atoms with Crippen LogP contribution in [0.5, 0.6) is 0 Å². The number of aryl methyl sites for hydroxylation is 1. The predicted octanol–water partition coefficient (Wildman–Crippen LogP) is 2.06. The molecule has 5 heteroatoms. The van der Waals surface area contributed by atoms with Gasteiger partial charge < -0.3 is 4.74 Å². The van der Waals surface area contributed by atoms with Crippen LogP contribution >= 0.6 is 0 Å². The predicted molar refractivity (Wildman–Crippen MR) is 64.8 cm³/mol. The summed E-state index contributed by atoms with van der Waals surface area (Å²) in [6, 6.07) is 0. The minimum atomic E-state index is -0.399. The highest BCUT2D eigenvalue weighted by atomic mass is 16.5. The summed E-state index contributed by atoms with van der Waals surface area (Å²) < 4.78 is 6.54. The van der Waals surface area contributed by atoms with Gasteiger partial charge in [0.2, 0.25) is 0 Å². The molecule has 0 spiro atoms. The fourth-order valence-electron chi connectivity index (χ4n) is 1.63. The summed E-state index contributed by atoms with van der Waals surface area (Å²) in [7, 11) is 1.37. The second-order valence-electron chi connectivity index (χ2n) is 4.53. The van der Waals surface area contributed by atoms with Gasteiger partial charge in [-0.2, -0.15) is 0 Å². The molecular weight excluding hydrogens is 218 g/mol. The van der Waals surface area contributed by atoms with Crippen LogP contribution < -0.4 is 0 Å². The Bertz CT molecular complexity index is 372. The van der Waals surface area contributed by atoms with Crippen molar-refractivity contribution in [2.45, 2.75) is 46.6 Å². The maximum absolute atomic E-state index is 11.5. The molecule has 0 atom stereocenters. The Balaban J connectivity index is 2.89. The van der Waals surface area contributed by atoms with Gasteiger partial charge in [-0.3, -0.25) is 0 Å². The first kappa shape index (κ1) is 13.7. The molecule has 5 nitrogen and oxygen atoms in total. The van der Waals surface area contributed by atoms with Gasteiger partial charge in [-0.05, 0) is 18.8 Å². The molecule has 1 heterocycles. The van der Waals surface area contributed by atoms with Crippen LogP contribution in [0.1, 0.15) is 49.8 Å². The van der Waals surface area contributed by atoms with E-state index in [4.69, 9.17) is 4.74 Å². The van der Waals surface area contributed by atoms with Crippen LogP contribution in [0.15, 0.2) is 0 Å². The monoisotopic (exact) mass is 239 g/mol. The Kier molecular flexibility index (Phi) is 5.12. The van der Waals surface area contributed by atoms with Crippen molar-refractivity contribution in [1.29, 1.82) is 0 Å². The lowest BCUT2D eigenvalue weighted by molar-refractivity contribution is 0.0592. The topological polar surface area (TPSA) is 57.0 Å². The summed E-state index contributed by atoms with van der Waals surface area (Å²) in [6.07, 6.45) is 2.79. The fourth-order valence-corrected chi connectivity index (χ4v) is 1.63. The van der Waals surface area contributed by atoms with E-state index >= 15 is 0 Å². The second kappa shape index (κ2) is 6.37. The largest absolute Gasteiger partial charge is 0.464 e. The van der Waals surface area contributed by atoms with Gasteiger partial charge in [0.15, 0.2) is 5.69 Å². The van der Waals surface area contributed by atoms with Crippen LogP contribution in [0, 0.1) is 5.92 Å². The molecule has 0 saturated heterocycles. The molecule has 0 aliphatic rings. The summed E-state index contributed by atoms with van der Waals surface area (Å²) >= 11 is 0. The van der Waals surface area contributed by atoms with Crippen molar-refractivity contribution in [3.8, 4) is 0 Å². The Labute approximate surface area is 102 Å². The van der Waals surface area contributed by atoms with E-state index in [1.165, 1.54) is 7.11 Å². The van der Waals surface area contributed by atoms with E-state index in [2.05, 4.69) is 31.1 Å². The number of carbonyl (C=O) groups excluding carboxylic acids is 1. The summed E-state index contributed by atoms with van der Waals surface area (Å²) in [5.74, 6) is 0.208. The van der Waals surface area contributed by atoms with Crippen molar-refractivity contribution in [2.75, 3.05) is 7.11 Å². The molecule has 0 amide bonds. The van der Waals surface area contributed by atoms with E-state index in [0.29, 0.717) is 11.6 Å². The zero-order chi connectivity index (χ0) is 12.8. The molecule has 1 rings (SSSR count). The number of methoxy groups -OCH3 is 1. The van der Waals surface area contributed by atoms with E-state index in [-0.39, 0.29) is 0 Å². The second-order valence-corrected chi connectivity index (χ2v) is 4.53. The Morgan fingerprint density at radius 1 is 1.47 bits per heavy atom. The first-order valence-corrected chi connectivity index (χ1v) is 6.10. The third-order valence-corrected chi connectivity index (χ3v) is 2.62. The molecule has 0 saturated carbocycles. The fraction of sp³-hybridized carbons (Fsp3) is 0.750. The zero-order valence-corrected chi connectivity index (χ0v) is 11.1. The maximum atomic E-state index is 11.5. The van der Waals surface area contributed by atoms with Gasteiger partial charge in [0.1, 0.15) is 0 Å². The molecule has 1 aromatic heterocycles. The summed E-state index contributed by atoms with van der Waals surface area (Å²) in [4.78, 5) is 11.5. The van der Waals surface area contributed by atoms with Crippen molar-refractivity contribution < 1.29 is 9.53 Å². The quantitative estimate of drug-likeness (QED) is 0.713. The molecule has 1 aromatic rings. The molecule has 0 radical (unpaired) electrons. The molecule has 0 aliphatic heterocycles. The van der Waals surface area contributed by atoms with Gasteiger partial charge >= 0.3 is 5.97 Å². The van der Waals surface area contributed by atoms with Gasteiger partial charge in [0.05, 0.1) is 12.8 Å². The molecule has 0 N–H and O–H groups in total. The van der Waals surface area contributed by atoms with Gasteiger partial charge in [0, 0.05) is 6.54 Å². The molecule has 17 heavy (non-hydrogen) atoms. The van der Waals surface area contributed by atoms with Crippen molar-refractivity contribution in [3.05, 3.63) is 11.4 Å². The van der Waals surface area contributed by atoms with Crippen LogP contribution in [-0.4, -0.2) is 28.1 Å². The highest BCUT2D eigenvalue weighted by Crippen LogP contribution is 2.12. The van der Waals surface area contributed by atoms with Crippen molar-refractivity contribution in [1.82, 2.24) is 15.0 Å². The summed E-state index contributed by atoms with van der Waals surface area (Å²) in [5, 5.41) is 7.96. The lowest BCUT2D eigenvalue weighted by Gasteiger charge is -2.08. The number of carbonyl (C=O) groups is 1. The van der Waals surface area contributed by atoms with Crippen molar-refractivity contribution >= 4 is 5.97 Å². The molecule has 0 fully saturated rings. The van der Waals surface area contributed by atoms with Crippen LogP contribution in [0.25, 0.3) is 0 Å². The SMILES string of the molecule is CCCc1c(C(=O)OC)nnn1CCC(C)C. The molecular formula is C12H21N3O2. The Hall–Kier alpha value is -1.39. The summed E-state index contributed by atoms with van der Waals surface area (Å²) in [6.45, 7) is 7.20. The van der Waals surface area contributed by atoms with Gasteiger partial charge in [-0.25, -0.2) is 9.48 Å². The third kappa shape index (κ3) is 3.54. The van der Waals surface area contributed by atoms with Gasteiger partial charge in [0.25, 0.3) is 0 Å². The lowest BCUT2D eigenvalue weighted by atomic mass is 10.1. The Morgan fingerprint density at radius 2 is 2.18 bits per heavy atom. The van der Waals surface area contributed by atoms with Crippen LogP contribution in [-0.2, 0) is 17.7 Å². The number of hydrogen-bond donors (Lipinski definition) is 0.